The van der Waals surface area contributed by atoms with Gasteiger partial charge in [-0.15, -0.1) is 0 Å². The van der Waals surface area contributed by atoms with Crippen molar-refractivity contribution in [1.82, 2.24) is 9.55 Å². The van der Waals surface area contributed by atoms with Crippen LogP contribution in [-0.2, 0) is 13.0 Å². The van der Waals surface area contributed by atoms with Gasteiger partial charge >= 0.3 is 6.18 Å². The Hall–Kier alpha value is -1.82. The molecule has 102 valence electrons. The molecule has 2 rings (SSSR count). The lowest BCUT2D eigenvalue weighted by Crippen LogP contribution is -2.19. The third-order valence-electron chi connectivity index (χ3n) is 2.81. The topological polar surface area (TPSA) is 38.0 Å². The van der Waals surface area contributed by atoms with Crippen LogP contribution in [0.4, 0.5) is 13.2 Å². The highest BCUT2D eigenvalue weighted by Gasteiger charge is 2.39. The number of hydrogen-bond donors (Lipinski definition) is 1. The summed E-state index contributed by atoms with van der Waals surface area (Å²) in [6.07, 6.45) is -0.163. The quantitative estimate of drug-likeness (QED) is 0.927. The Labute approximate surface area is 108 Å². The van der Waals surface area contributed by atoms with Crippen molar-refractivity contribution in [1.29, 1.82) is 0 Å². The van der Waals surface area contributed by atoms with Crippen molar-refractivity contribution in [2.75, 3.05) is 0 Å². The van der Waals surface area contributed by atoms with E-state index in [0.29, 0.717) is 13.0 Å². The average Bonchev–Trinajstić information content (AvgIpc) is 2.84. The van der Waals surface area contributed by atoms with E-state index in [9.17, 15) is 13.2 Å². The van der Waals surface area contributed by atoms with Gasteiger partial charge in [0.1, 0.15) is 0 Å². The van der Waals surface area contributed by atoms with Gasteiger partial charge in [-0.2, -0.15) is 13.2 Å². The number of aliphatic hydroxyl groups excluding tert-OH is 1. The van der Waals surface area contributed by atoms with Crippen molar-refractivity contribution in [2.24, 2.45) is 0 Å². The van der Waals surface area contributed by atoms with Gasteiger partial charge in [0.05, 0.1) is 0 Å². The first-order valence-electron chi connectivity index (χ1n) is 5.76. The molecule has 0 aliphatic carbocycles. The molecule has 6 heteroatoms. The highest BCUT2D eigenvalue weighted by molar-refractivity contribution is 5.16. The van der Waals surface area contributed by atoms with Gasteiger partial charge in [-0.05, 0) is 30.2 Å². The summed E-state index contributed by atoms with van der Waals surface area (Å²) < 4.78 is 38.6. The molecular weight excluding hydrogens is 257 g/mol. The summed E-state index contributed by atoms with van der Waals surface area (Å²) in [4.78, 5) is 3.89. The lowest BCUT2D eigenvalue weighted by Gasteiger charge is -2.12. The molecule has 0 saturated heterocycles. The molecule has 3 nitrogen and oxygen atoms in total. The fourth-order valence-corrected chi connectivity index (χ4v) is 1.76. The molecule has 0 radical (unpaired) electrons. The lowest BCUT2D eigenvalue weighted by molar-refractivity contribution is -0.206. The molecule has 2 aromatic rings. The molecule has 2 aromatic heterocycles. The fourth-order valence-electron chi connectivity index (χ4n) is 1.76. The van der Waals surface area contributed by atoms with Crippen molar-refractivity contribution in [3.05, 3.63) is 54.1 Å². The van der Waals surface area contributed by atoms with Gasteiger partial charge in [0, 0.05) is 36.9 Å². The maximum Gasteiger partial charge on any atom is 0.418 e. The maximum absolute atomic E-state index is 12.3. The van der Waals surface area contributed by atoms with Gasteiger partial charge in [0.15, 0.2) is 6.10 Å². The Kier molecular flexibility index (Phi) is 3.90. The number of alkyl halides is 3. The molecule has 0 saturated carbocycles. The molecule has 2 heterocycles. The van der Waals surface area contributed by atoms with Gasteiger partial charge < -0.3 is 9.67 Å². The summed E-state index contributed by atoms with van der Waals surface area (Å²) in [6.45, 7) is 0.550. The van der Waals surface area contributed by atoms with Crippen molar-refractivity contribution in [2.45, 2.75) is 25.2 Å². The summed E-state index contributed by atoms with van der Waals surface area (Å²) in [6, 6.07) is 4.99. The fraction of sp³-hybridized carbons (Fsp3) is 0.308. The predicted octanol–water partition coefficient (Wildman–Crippen LogP) is 2.72. The van der Waals surface area contributed by atoms with Crippen LogP contribution in [-0.4, -0.2) is 20.8 Å². The van der Waals surface area contributed by atoms with E-state index in [-0.39, 0.29) is 5.56 Å². The van der Waals surface area contributed by atoms with Crippen molar-refractivity contribution < 1.29 is 18.3 Å². The second-order valence-corrected chi connectivity index (χ2v) is 4.23. The largest absolute Gasteiger partial charge is 0.418 e. The number of nitrogens with zero attached hydrogens (tertiary/aromatic N) is 2. The van der Waals surface area contributed by atoms with Crippen molar-refractivity contribution in [3.63, 3.8) is 0 Å². The molecule has 0 spiro atoms. The number of halogens is 3. The van der Waals surface area contributed by atoms with Crippen LogP contribution in [0.25, 0.3) is 0 Å². The summed E-state index contributed by atoms with van der Waals surface area (Å²) in [5.74, 6) is 0. The zero-order valence-electron chi connectivity index (χ0n) is 10.0. The zero-order valence-corrected chi connectivity index (χ0v) is 10.0. The van der Waals surface area contributed by atoms with E-state index < -0.39 is 12.3 Å². The van der Waals surface area contributed by atoms with E-state index in [1.165, 1.54) is 18.5 Å². The van der Waals surface area contributed by atoms with Crippen molar-refractivity contribution in [3.8, 4) is 0 Å². The second-order valence-electron chi connectivity index (χ2n) is 4.23. The summed E-state index contributed by atoms with van der Waals surface area (Å²) in [5, 5.41) is 9.11. The van der Waals surface area contributed by atoms with Crippen LogP contribution >= 0.6 is 0 Å². The number of aryl methyl sites for hydroxylation is 2. The van der Waals surface area contributed by atoms with Gasteiger partial charge in [-0.25, -0.2) is 0 Å². The first kappa shape index (κ1) is 13.6. The van der Waals surface area contributed by atoms with Crippen LogP contribution in [0.1, 0.15) is 17.2 Å². The summed E-state index contributed by atoms with van der Waals surface area (Å²) in [7, 11) is 0. The third kappa shape index (κ3) is 3.57. The summed E-state index contributed by atoms with van der Waals surface area (Å²) >= 11 is 0. The van der Waals surface area contributed by atoms with E-state index in [2.05, 4.69) is 4.98 Å². The lowest BCUT2D eigenvalue weighted by atomic mass is 10.2. The molecule has 0 amide bonds. The second kappa shape index (κ2) is 5.44. The van der Waals surface area contributed by atoms with Crippen LogP contribution in [0.15, 0.2) is 43.0 Å². The van der Waals surface area contributed by atoms with E-state index >= 15 is 0 Å². The van der Waals surface area contributed by atoms with Gasteiger partial charge in [0.2, 0.25) is 0 Å². The number of pyridine rings is 1. The Bertz CT molecular complexity index is 522. The monoisotopic (exact) mass is 270 g/mol. The predicted molar refractivity (Wildman–Crippen MR) is 63.4 cm³/mol. The molecule has 0 aliphatic heterocycles. The smallest absolute Gasteiger partial charge is 0.379 e. The Morgan fingerprint density at radius 3 is 2.53 bits per heavy atom. The number of rotatable bonds is 4. The van der Waals surface area contributed by atoms with E-state index in [1.54, 1.807) is 17.0 Å². The minimum atomic E-state index is -4.63. The van der Waals surface area contributed by atoms with Gasteiger partial charge in [-0.1, -0.05) is 0 Å². The molecule has 0 fully saturated rings. The molecule has 0 bridgehead atoms. The van der Waals surface area contributed by atoms with Crippen LogP contribution in [0, 0.1) is 0 Å². The van der Waals surface area contributed by atoms with E-state index in [1.807, 2.05) is 12.1 Å². The molecule has 1 atom stereocenters. The van der Waals surface area contributed by atoms with Gasteiger partial charge in [0.25, 0.3) is 0 Å². The number of aliphatic hydroxyl groups is 1. The highest BCUT2D eigenvalue weighted by Crippen LogP contribution is 2.32. The van der Waals surface area contributed by atoms with Crippen LogP contribution in [0.2, 0.25) is 0 Å². The molecule has 1 unspecified atom stereocenters. The van der Waals surface area contributed by atoms with Crippen LogP contribution < -0.4 is 0 Å². The van der Waals surface area contributed by atoms with Crippen molar-refractivity contribution >= 4 is 0 Å². The Balaban J connectivity index is 1.98. The average molecular weight is 270 g/mol. The molecular formula is C13H13F3N2O. The third-order valence-corrected chi connectivity index (χ3v) is 2.81. The number of aromatic nitrogens is 2. The molecule has 0 aromatic carbocycles. The van der Waals surface area contributed by atoms with Crippen LogP contribution in [0.3, 0.4) is 0 Å². The minimum Gasteiger partial charge on any atom is -0.379 e. The summed E-state index contributed by atoms with van der Waals surface area (Å²) in [5.41, 5.74) is 0.920. The van der Waals surface area contributed by atoms with Crippen LogP contribution in [0.5, 0.6) is 0 Å². The highest BCUT2D eigenvalue weighted by atomic mass is 19.4. The maximum atomic E-state index is 12.3. The molecule has 1 N–H and O–H groups in total. The normalized spacial score (nSPS) is 13.5. The van der Waals surface area contributed by atoms with Gasteiger partial charge in [-0.3, -0.25) is 4.98 Å². The van der Waals surface area contributed by atoms with E-state index in [0.717, 1.165) is 5.56 Å². The SMILES string of the molecule is OC(c1ccn(CCc2ccncc2)c1)C(F)(F)F. The first-order valence-corrected chi connectivity index (χ1v) is 5.76. The standard InChI is InChI=1S/C13H13F3N2O/c14-13(15,16)12(19)11-4-8-18(9-11)7-3-10-1-5-17-6-2-10/h1-2,4-6,8-9,12,19H,3,7H2. The zero-order chi connectivity index (χ0) is 13.9. The minimum absolute atomic E-state index is 0.137. The Morgan fingerprint density at radius 2 is 1.89 bits per heavy atom. The molecule has 19 heavy (non-hydrogen) atoms. The Morgan fingerprint density at radius 1 is 1.21 bits per heavy atom. The molecule has 0 aliphatic rings. The van der Waals surface area contributed by atoms with E-state index in [4.69, 9.17) is 5.11 Å². The number of hydrogen-bond acceptors (Lipinski definition) is 2. The first-order chi connectivity index (χ1) is 8.97.